The van der Waals surface area contributed by atoms with Crippen LogP contribution in [-0.4, -0.2) is 30.7 Å². The molecule has 1 aromatic rings. The predicted molar refractivity (Wildman–Crippen MR) is 79.8 cm³/mol. The number of amides is 2. The monoisotopic (exact) mass is 324 g/mol. The topological polar surface area (TPSA) is 40.6 Å². The zero-order chi connectivity index (χ0) is 14.0. The van der Waals surface area contributed by atoms with Gasteiger partial charge in [-0.3, -0.25) is 9.59 Å². The fourth-order valence-corrected chi connectivity index (χ4v) is 2.61. The van der Waals surface area contributed by atoms with Crippen LogP contribution in [0.25, 0.3) is 0 Å². The first-order valence-corrected chi connectivity index (χ1v) is 7.35. The van der Waals surface area contributed by atoms with Gasteiger partial charge in [0.25, 0.3) is 0 Å². The summed E-state index contributed by atoms with van der Waals surface area (Å²) < 4.78 is 0. The molecule has 0 aliphatic carbocycles. The Labute approximate surface area is 121 Å². The van der Waals surface area contributed by atoms with Crippen LogP contribution in [0.1, 0.15) is 13.3 Å². The number of hydrogen-bond acceptors (Lipinski definition) is 2. The number of rotatable bonds is 3. The molecular formula is C14H17BrN2O2. The summed E-state index contributed by atoms with van der Waals surface area (Å²) in [6, 6.07) is 7.52. The van der Waals surface area contributed by atoms with E-state index in [2.05, 4.69) is 15.9 Å². The Morgan fingerprint density at radius 1 is 1.42 bits per heavy atom. The second kappa shape index (κ2) is 5.74. The highest BCUT2D eigenvalue weighted by Crippen LogP contribution is 2.27. The molecule has 1 aliphatic rings. The molecule has 5 heteroatoms. The van der Waals surface area contributed by atoms with Gasteiger partial charge in [-0.05, 0) is 30.2 Å². The van der Waals surface area contributed by atoms with Gasteiger partial charge in [0.1, 0.15) is 0 Å². The van der Waals surface area contributed by atoms with Crippen molar-refractivity contribution in [1.82, 2.24) is 0 Å². The molecule has 0 spiro atoms. The highest BCUT2D eigenvalue weighted by atomic mass is 79.9. The fourth-order valence-electron chi connectivity index (χ4n) is 2.17. The molecule has 2 amide bonds. The summed E-state index contributed by atoms with van der Waals surface area (Å²) in [5.74, 6) is 0.536. The van der Waals surface area contributed by atoms with Crippen LogP contribution in [0.4, 0.5) is 11.4 Å². The summed E-state index contributed by atoms with van der Waals surface area (Å²) >= 11 is 3.43. The Morgan fingerprint density at radius 2 is 2.05 bits per heavy atom. The van der Waals surface area contributed by atoms with Crippen molar-refractivity contribution in [1.29, 1.82) is 0 Å². The first-order chi connectivity index (χ1) is 9.02. The molecule has 1 saturated heterocycles. The lowest BCUT2D eigenvalue weighted by molar-refractivity contribution is -0.117. The molecule has 2 rings (SSSR count). The minimum atomic E-state index is -0.00986. The zero-order valence-corrected chi connectivity index (χ0v) is 12.7. The summed E-state index contributed by atoms with van der Waals surface area (Å²) in [6.07, 6.45) is 0.598. The molecule has 1 aliphatic heterocycles. The number of halogens is 1. The lowest BCUT2D eigenvalue weighted by Crippen LogP contribution is -2.25. The van der Waals surface area contributed by atoms with Gasteiger partial charge in [-0.2, -0.15) is 0 Å². The van der Waals surface area contributed by atoms with Gasteiger partial charge >= 0.3 is 0 Å². The van der Waals surface area contributed by atoms with Crippen molar-refractivity contribution < 1.29 is 9.59 Å². The van der Waals surface area contributed by atoms with Gasteiger partial charge in [-0.15, -0.1) is 0 Å². The largest absolute Gasteiger partial charge is 0.316 e. The maximum atomic E-state index is 11.9. The van der Waals surface area contributed by atoms with Gasteiger partial charge < -0.3 is 9.80 Å². The zero-order valence-electron chi connectivity index (χ0n) is 11.1. The average Bonchev–Trinajstić information content (AvgIpc) is 2.79. The standard InChI is InChI=1S/C14H17BrN2O2/c1-10(18)16(2)12-3-5-13(6-4-12)17-9-11(8-15)7-14(17)19/h3-6,11H,7-9H2,1-2H3. The van der Waals surface area contributed by atoms with Gasteiger partial charge in [0.05, 0.1) is 0 Å². The van der Waals surface area contributed by atoms with E-state index in [1.54, 1.807) is 11.9 Å². The van der Waals surface area contributed by atoms with Crippen molar-refractivity contribution in [3.05, 3.63) is 24.3 Å². The number of carbonyl (C=O) groups is 2. The van der Waals surface area contributed by atoms with Gasteiger partial charge in [-0.25, -0.2) is 0 Å². The van der Waals surface area contributed by atoms with Gasteiger partial charge in [0.2, 0.25) is 11.8 Å². The minimum Gasteiger partial charge on any atom is -0.316 e. The molecule has 1 atom stereocenters. The minimum absolute atomic E-state index is 0.00986. The molecule has 0 bridgehead atoms. The molecule has 1 heterocycles. The maximum absolute atomic E-state index is 11.9. The van der Waals surface area contributed by atoms with Crippen molar-refractivity contribution in [2.75, 3.05) is 28.7 Å². The second-order valence-corrected chi connectivity index (χ2v) is 5.47. The van der Waals surface area contributed by atoms with E-state index < -0.39 is 0 Å². The third kappa shape index (κ3) is 2.97. The predicted octanol–water partition coefficient (Wildman–Crippen LogP) is 2.42. The molecule has 1 aromatic carbocycles. The SMILES string of the molecule is CC(=O)N(C)c1ccc(N2CC(CBr)CC2=O)cc1. The molecule has 102 valence electrons. The van der Waals surface area contributed by atoms with Crippen LogP contribution in [0.15, 0.2) is 24.3 Å². The van der Waals surface area contributed by atoms with E-state index >= 15 is 0 Å². The first-order valence-electron chi connectivity index (χ1n) is 6.23. The van der Waals surface area contributed by atoms with Crippen LogP contribution < -0.4 is 9.80 Å². The summed E-state index contributed by atoms with van der Waals surface area (Å²) in [4.78, 5) is 26.6. The lowest BCUT2D eigenvalue weighted by atomic mass is 10.2. The van der Waals surface area contributed by atoms with E-state index in [0.717, 1.165) is 23.2 Å². The van der Waals surface area contributed by atoms with Crippen molar-refractivity contribution in [2.24, 2.45) is 5.92 Å². The van der Waals surface area contributed by atoms with Crippen LogP contribution in [0.5, 0.6) is 0 Å². The highest BCUT2D eigenvalue weighted by molar-refractivity contribution is 9.09. The average molecular weight is 325 g/mol. The van der Waals surface area contributed by atoms with E-state index in [1.807, 2.05) is 29.2 Å². The number of alkyl halides is 1. The fraction of sp³-hybridized carbons (Fsp3) is 0.429. The Bertz CT molecular complexity index is 487. The number of anilines is 2. The second-order valence-electron chi connectivity index (χ2n) is 4.82. The van der Waals surface area contributed by atoms with E-state index in [1.165, 1.54) is 6.92 Å². The van der Waals surface area contributed by atoms with E-state index in [-0.39, 0.29) is 11.8 Å². The van der Waals surface area contributed by atoms with Crippen molar-refractivity contribution >= 4 is 39.1 Å². The Balaban J connectivity index is 2.15. The number of hydrogen-bond donors (Lipinski definition) is 0. The summed E-state index contributed by atoms with van der Waals surface area (Å²) in [5, 5.41) is 0.848. The van der Waals surface area contributed by atoms with Crippen LogP contribution >= 0.6 is 15.9 Å². The molecule has 19 heavy (non-hydrogen) atoms. The van der Waals surface area contributed by atoms with Crippen LogP contribution in [-0.2, 0) is 9.59 Å². The molecule has 0 N–H and O–H groups in total. The van der Waals surface area contributed by atoms with Crippen LogP contribution in [0.3, 0.4) is 0 Å². The normalized spacial score (nSPS) is 18.8. The first kappa shape index (κ1) is 14.1. The molecular weight excluding hydrogens is 308 g/mol. The molecule has 0 saturated carbocycles. The molecule has 4 nitrogen and oxygen atoms in total. The van der Waals surface area contributed by atoms with Crippen LogP contribution in [0.2, 0.25) is 0 Å². The van der Waals surface area contributed by atoms with Gasteiger partial charge in [0, 0.05) is 43.6 Å². The lowest BCUT2D eigenvalue weighted by Gasteiger charge is -2.19. The third-order valence-electron chi connectivity index (χ3n) is 3.44. The van der Waals surface area contributed by atoms with Crippen molar-refractivity contribution in [3.8, 4) is 0 Å². The smallest absolute Gasteiger partial charge is 0.227 e. The maximum Gasteiger partial charge on any atom is 0.227 e. The number of benzene rings is 1. The third-order valence-corrected chi connectivity index (χ3v) is 4.36. The molecule has 1 unspecified atom stereocenters. The van der Waals surface area contributed by atoms with Gasteiger partial charge in [-0.1, -0.05) is 15.9 Å². The number of carbonyl (C=O) groups excluding carboxylic acids is 2. The van der Waals surface area contributed by atoms with Crippen molar-refractivity contribution in [3.63, 3.8) is 0 Å². The Morgan fingerprint density at radius 3 is 2.53 bits per heavy atom. The Kier molecular flexibility index (Phi) is 4.24. The quantitative estimate of drug-likeness (QED) is 0.801. The molecule has 0 radical (unpaired) electrons. The molecule has 1 fully saturated rings. The summed E-state index contributed by atoms with van der Waals surface area (Å²) in [6.45, 7) is 2.28. The van der Waals surface area contributed by atoms with E-state index in [4.69, 9.17) is 0 Å². The summed E-state index contributed by atoms with van der Waals surface area (Å²) in [7, 11) is 1.74. The van der Waals surface area contributed by atoms with Gasteiger partial charge in [0.15, 0.2) is 0 Å². The van der Waals surface area contributed by atoms with E-state index in [9.17, 15) is 9.59 Å². The van der Waals surface area contributed by atoms with E-state index in [0.29, 0.717) is 12.3 Å². The van der Waals surface area contributed by atoms with Crippen molar-refractivity contribution in [2.45, 2.75) is 13.3 Å². The van der Waals surface area contributed by atoms with Crippen LogP contribution in [0, 0.1) is 5.92 Å². The highest BCUT2D eigenvalue weighted by Gasteiger charge is 2.29. The summed E-state index contributed by atoms with van der Waals surface area (Å²) in [5.41, 5.74) is 1.73. The number of nitrogens with zero attached hydrogens (tertiary/aromatic N) is 2. The Hall–Kier alpha value is -1.36. The molecule has 0 aromatic heterocycles.